The molecular weight excluding hydrogens is 415 g/mol. The molecule has 172 valence electrons. The molecule has 1 aliphatic heterocycles. The molecule has 2 aromatic heterocycles. The van der Waals surface area contributed by atoms with Crippen molar-refractivity contribution in [3.63, 3.8) is 0 Å². The van der Waals surface area contributed by atoms with E-state index in [0.717, 1.165) is 30.8 Å². The van der Waals surface area contributed by atoms with E-state index in [1.165, 1.54) is 4.57 Å². The Morgan fingerprint density at radius 1 is 1.19 bits per heavy atom. The molecule has 32 heavy (non-hydrogen) atoms. The van der Waals surface area contributed by atoms with E-state index < -0.39 is 6.17 Å². The number of aromatic amines is 1. The lowest BCUT2D eigenvalue weighted by atomic mass is 10.1. The third-order valence-electron chi connectivity index (χ3n) is 5.55. The Hall–Kier alpha value is -2.98. The van der Waals surface area contributed by atoms with Gasteiger partial charge in [-0.2, -0.15) is 9.97 Å². The number of anilines is 1. The number of nitrogens with zero attached hydrogens (tertiary/aromatic N) is 4. The zero-order valence-electron chi connectivity index (χ0n) is 18.2. The first-order chi connectivity index (χ1) is 15.5. The van der Waals surface area contributed by atoms with Gasteiger partial charge in [-0.05, 0) is 30.9 Å². The minimum atomic E-state index is -0.686. The number of rotatable bonds is 9. The molecule has 0 amide bonds. The average molecular weight is 445 g/mol. The largest absolute Gasteiger partial charge is 0.461 e. The molecule has 0 atom stereocenters. The molecule has 0 spiro atoms. The summed E-state index contributed by atoms with van der Waals surface area (Å²) in [6, 6.07) is 8.15. The Labute approximate surface area is 185 Å². The fourth-order valence-electron chi connectivity index (χ4n) is 3.90. The van der Waals surface area contributed by atoms with E-state index in [2.05, 4.69) is 25.9 Å². The second kappa shape index (κ2) is 10.1. The Morgan fingerprint density at radius 2 is 1.94 bits per heavy atom. The molecule has 0 unspecified atom stereocenters. The van der Waals surface area contributed by atoms with Gasteiger partial charge in [-0.3, -0.25) is 9.47 Å². The maximum Gasteiger partial charge on any atom is 0.328 e. The predicted octanol–water partition coefficient (Wildman–Crippen LogP) is 2.10. The van der Waals surface area contributed by atoms with Gasteiger partial charge in [0.2, 0.25) is 0 Å². The first-order valence-electron chi connectivity index (χ1n) is 10.9. The number of hydrogen-bond donors (Lipinski definition) is 2. The SMILES string of the molecule is CCOCCOc1nc(N)c2[nH]c(=O)n(Cc3cccc(CN4CCC(F)CC4)c3)c2n1. The van der Waals surface area contributed by atoms with E-state index in [9.17, 15) is 9.18 Å². The summed E-state index contributed by atoms with van der Waals surface area (Å²) in [7, 11) is 0. The number of likely N-dealkylation sites (tertiary alicyclic amines) is 1. The average Bonchev–Trinajstić information content (AvgIpc) is 3.09. The van der Waals surface area contributed by atoms with Crippen LogP contribution in [-0.4, -0.2) is 63.5 Å². The highest BCUT2D eigenvalue weighted by molar-refractivity contribution is 5.81. The number of nitrogen functional groups attached to an aromatic ring is 1. The summed E-state index contributed by atoms with van der Waals surface area (Å²) in [6.07, 6.45) is 0.481. The number of H-pyrrole nitrogens is 1. The molecule has 1 aliphatic rings. The van der Waals surface area contributed by atoms with Crippen LogP contribution in [0.5, 0.6) is 6.01 Å². The second-order valence-corrected chi connectivity index (χ2v) is 7.92. The van der Waals surface area contributed by atoms with E-state index in [1.807, 2.05) is 25.1 Å². The van der Waals surface area contributed by atoms with Crippen molar-refractivity contribution in [3.8, 4) is 6.01 Å². The Bertz CT molecular complexity index is 1110. The van der Waals surface area contributed by atoms with Gasteiger partial charge >= 0.3 is 11.7 Å². The first-order valence-corrected chi connectivity index (χ1v) is 10.9. The summed E-state index contributed by atoms with van der Waals surface area (Å²) in [5.74, 6) is 0.155. The molecule has 0 aliphatic carbocycles. The Kier molecular flexibility index (Phi) is 7.01. The number of ether oxygens (including phenoxy) is 2. The summed E-state index contributed by atoms with van der Waals surface area (Å²) < 4.78 is 25.7. The van der Waals surface area contributed by atoms with Gasteiger partial charge in [-0.25, -0.2) is 9.18 Å². The lowest BCUT2D eigenvalue weighted by Crippen LogP contribution is -2.33. The topological polar surface area (TPSA) is 111 Å². The van der Waals surface area contributed by atoms with Crippen molar-refractivity contribution in [3.05, 3.63) is 45.9 Å². The second-order valence-electron chi connectivity index (χ2n) is 7.92. The van der Waals surface area contributed by atoms with Gasteiger partial charge in [-0.1, -0.05) is 24.3 Å². The number of hydrogen-bond acceptors (Lipinski definition) is 7. The van der Waals surface area contributed by atoms with Crippen molar-refractivity contribution in [1.82, 2.24) is 24.4 Å². The number of halogens is 1. The number of piperidine rings is 1. The highest BCUT2D eigenvalue weighted by atomic mass is 19.1. The molecule has 3 heterocycles. The fourth-order valence-corrected chi connectivity index (χ4v) is 3.90. The van der Waals surface area contributed by atoms with Crippen LogP contribution in [0.15, 0.2) is 29.1 Å². The van der Waals surface area contributed by atoms with Crippen LogP contribution in [-0.2, 0) is 17.8 Å². The molecule has 0 saturated carbocycles. The maximum atomic E-state index is 13.4. The van der Waals surface area contributed by atoms with Gasteiger partial charge in [0, 0.05) is 26.2 Å². The molecule has 1 fully saturated rings. The van der Waals surface area contributed by atoms with Gasteiger partial charge in [0.25, 0.3) is 0 Å². The monoisotopic (exact) mass is 444 g/mol. The summed E-state index contributed by atoms with van der Waals surface area (Å²) in [5.41, 5.74) is 8.57. The van der Waals surface area contributed by atoms with E-state index in [0.29, 0.717) is 43.8 Å². The molecular formula is C22H29FN6O3. The van der Waals surface area contributed by atoms with Crippen LogP contribution in [0.25, 0.3) is 11.2 Å². The van der Waals surface area contributed by atoms with E-state index >= 15 is 0 Å². The Morgan fingerprint density at radius 3 is 2.69 bits per heavy atom. The van der Waals surface area contributed by atoms with Crippen molar-refractivity contribution in [2.24, 2.45) is 0 Å². The molecule has 1 saturated heterocycles. The first kappa shape index (κ1) is 22.2. The Balaban J connectivity index is 1.52. The van der Waals surface area contributed by atoms with Crippen molar-refractivity contribution in [2.45, 2.75) is 39.0 Å². The summed E-state index contributed by atoms with van der Waals surface area (Å²) in [6.45, 7) is 5.80. The van der Waals surface area contributed by atoms with Gasteiger partial charge in [0.1, 0.15) is 18.3 Å². The highest BCUT2D eigenvalue weighted by Crippen LogP contribution is 2.20. The van der Waals surface area contributed by atoms with Crippen molar-refractivity contribution in [2.75, 3.05) is 38.6 Å². The summed E-state index contributed by atoms with van der Waals surface area (Å²) in [4.78, 5) is 26.1. The summed E-state index contributed by atoms with van der Waals surface area (Å²) >= 11 is 0. The number of nitrogens with two attached hydrogens (primary N) is 1. The van der Waals surface area contributed by atoms with E-state index in [1.54, 1.807) is 0 Å². The third kappa shape index (κ3) is 5.25. The van der Waals surface area contributed by atoms with Crippen LogP contribution < -0.4 is 16.2 Å². The van der Waals surface area contributed by atoms with E-state index in [4.69, 9.17) is 15.2 Å². The number of imidazole rings is 1. The zero-order valence-corrected chi connectivity index (χ0v) is 18.2. The van der Waals surface area contributed by atoms with Crippen molar-refractivity contribution < 1.29 is 13.9 Å². The molecule has 3 aromatic rings. The standard InChI is InChI=1S/C22H29FN6O3/c1-2-31-10-11-32-21-26-19(24)18-20(27-21)29(22(30)25-18)14-16-5-3-4-15(12-16)13-28-8-6-17(23)7-9-28/h3-5,12,17H,2,6-11,13-14H2,1H3,(H,25,30)(H2,24,26,27). The lowest BCUT2D eigenvalue weighted by molar-refractivity contribution is 0.106. The number of alkyl halides is 1. The molecule has 4 rings (SSSR count). The molecule has 0 radical (unpaired) electrons. The summed E-state index contributed by atoms with van der Waals surface area (Å²) in [5, 5.41) is 0. The molecule has 9 nitrogen and oxygen atoms in total. The van der Waals surface area contributed by atoms with Gasteiger partial charge < -0.3 is 20.2 Å². The number of aromatic nitrogens is 4. The smallest absolute Gasteiger partial charge is 0.328 e. The van der Waals surface area contributed by atoms with Crippen LogP contribution in [0.1, 0.15) is 30.9 Å². The predicted molar refractivity (Wildman–Crippen MR) is 120 cm³/mol. The van der Waals surface area contributed by atoms with Crippen LogP contribution in [0.3, 0.4) is 0 Å². The molecule has 10 heteroatoms. The molecule has 0 bridgehead atoms. The maximum absolute atomic E-state index is 13.4. The van der Waals surface area contributed by atoms with Crippen molar-refractivity contribution >= 4 is 17.0 Å². The van der Waals surface area contributed by atoms with Crippen LogP contribution >= 0.6 is 0 Å². The quantitative estimate of drug-likeness (QED) is 0.486. The highest BCUT2D eigenvalue weighted by Gasteiger charge is 2.19. The minimum absolute atomic E-state index is 0.104. The zero-order chi connectivity index (χ0) is 22.5. The van der Waals surface area contributed by atoms with E-state index in [-0.39, 0.29) is 24.1 Å². The molecule has 3 N–H and O–H groups in total. The normalized spacial score (nSPS) is 15.4. The van der Waals surface area contributed by atoms with Crippen LogP contribution in [0, 0.1) is 0 Å². The van der Waals surface area contributed by atoms with Gasteiger partial charge in [0.15, 0.2) is 11.5 Å². The van der Waals surface area contributed by atoms with Gasteiger partial charge in [-0.15, -0.1) is 0 Å². The van der Waals surface area contributed by atoms with Crippen LogP contribution in [0.2, 0.25) is 0 Å². The van der Waals surface area contributed by atoms with Gasteiger partial charge in [0.05, 0.1) is 13.2 Å². The number of benzene rings is 1. The van der Waals surface area contributed by atoms with Crippen molar-refractivity contribution in [1.29, 1.82) is 0 Å². The lowest BCUT2D eigenvalue weighted by Gasteiger charge is -2.28. The minimum Gasteiger partial charge on any atom is -0.461 e. The third-order valence-corrected chi connectivity index (χ3v) is 5.55. The molecule has 1 aromatic carbocycles. The number of fused-ring (bicyclic) bond motifs is 1. The van der Waals surface area contributed by atoms with Crippen LogP contribution in [0.4, 0.5) is 10.2 Å². The fraction of sp³-hybridized carbons (Fsp3) is 0.500. The number of nitrogens with one attached hydrogen (secondary N) is 1.